The van der Waals surface area contributed by atoms with Gasteiger partial charge in [-0.05, 0) is 38.5 Å². The Morgan fingerprint density at radius 3 is 2.63 bits per heavy atom. The summed E-state index contributed by atoms with van der Waals surface area (Å²) in [7, 11) is -3.25. The molecule has 2 aliphatic rings. The van der Waals surface area contributed by atoms with E-state index in [1.807, 2.05) is 11.8 Å². The molecule has 1 aliphatic carbocycles. The first-order valence-corrected chi connectivity index (χ1v) is 11.4. The summed E-state index contributed by atoms with van der Waals surface area (Å²) in [5.74, 6) is 1.40. The van der Waals surface area contributed by atoms with Crippen LogP contribution >= 0.6 is 24.0 Å². The number of nitrogens with one attached hydrogen (secondary N) is 3. The molecule has 3 N–H and O–H groups in total. The van der Waals surface area contributed by atoms with Gasteiger partial charge < -0.3 is 15.5 Å². The van der Waals surface area contributed by atoms with Crippen molar-refractivity contribution in [1.29, 1.82) is 0 Å². The zero-order valence-electron chi connectivity index (χ0n) is 16.2. The molecular formula is C17H34IN5O3S. The first kappa shape index (κ1) is 24.4. The van der Waals surface area contributed by atoms with Gasteiger partial charge in [0, 0.05) is 45.7 Å². The van der Waals surface area contributed by atoms with Gasteiger partial charge in [0.25, 0.3) is 0 Å². The third-order valence-corrected chi connectivity index (χ3v) is 6.20. The average Bonchev–Trinajstić information content (AvgIpc) is 2.95. The maximum Gasteiger partial charge on any atom is 0.222 e. The fraction of sp³-hybridized carbons (Fsp3) is 0.882. The quantitative estimate of drug-likeness (QED) is 0.164. The molecule has 0 unspecified atom stereocenters. The van der Waals surface area contributed by atoms with Crippen molar-refractivity contribution in [2.24, 2.45) is 10.9 Å². The van der Waals surface area contributed by atoms with Crippen molar-refractivity contribution < 1.29 is 13.2 Å². The summed E-state index contributed by atoms with van der Waals surface area (Å²) in [6.45, 7) is 5.75. The van der Waals surface area contributed by atoms with Crippen molar-refractivity contribution in [2.45, 2.75) is 45.4 Å². The van der Waals surface area contributed by atoms with Crippen molar-refractivity contribution in [3.05, 3.63) is 0 Å². The van der Waals surface area contributed by atoms with Crippen molar-refractivity contribution >= 4 is 45.9 Å². The molecule has 1 saturated heterocycles. The first-order valence-electron chi connectivity index (χ1n) is 9.77. The molecule has 0 aromatic carbocycles. The fourth-order valence-corrected chi connectivity index (χ4v) is 4.06. The number of halogens is 1. The Morgan fingerprint density at radius 1 is 1.26 bits per heavy atom. The number of sulfonamides is 1. The summed E-state index contributed by atoms with van der Waals surface area (Å²) >= 11 is 0. The maximum absolute atomic E-state index is 12.0. The van der Waals surface area contributed by atoms with E-state index < -0.39 is 10.0 Å². The van der Waals surface area contributed by atoms with Crippen LogP contribution in [0.1, 0.15) is 45.4 Å². The molecule has 0 atom stereocenters. The van der Waals surface area contributed by atoms with Crippen LogP contribution in [0.5, 0.6) is 0 Å². The molecule has 0 spiro atoms. The molecule has 2 fully saturated rings. The van der Waals surface area contributed by atoms with Crippen LogP contribution in [-0.2, 0) is 14.8 Å². The Kier molecular flexibility index (Phi) is 11.5. The van der Waals surface area contributed by atoms with Crippen molar-refractivity contribution in [1.82, 2.24) is 20.3 Å². The summed E-state index contributed by atoms with van der Waals surface area (Å²) in [4.78, 5) is 17.9. The van der Waals surface area contributed by atoms with E-state index in [4.69, 9.17) is 0 Å². The molecule has 0 aromatic rings. The highest BCUT2D eigenvalue weighted by Crippen LogP contribution is 2.25. The van der Waals surface area contributed by atoms with E-state index >= 15 is 0 Å². The standard InChI is InChI=1S/C17H33N5O3S.HI/c1-2-18-17(19-9-5-12-22-11-4-8-16(22)23)20-10-13-26(24,25)21-14-15-6-3-7-15;/h15,21H,2-14H2,1H3,(H2,18,19,20);1H. The van der Waals surface area contributed by atoms with E-state index in [9.17, 15) is 13.2 Å². The van der Waals surface area contributed by atoms with Gasteiger partial charge >= 0.3 is 0 Å². The van der Waals surface area contributed by atoms with Gasteiger partial charge in [0.15, 0.2) is 5.96 Å². The van der Waals surface area contributed by atoms with E-state index in [1.165, 1.54) is 6.42 Å². The molecule has 1 heterocycles. The smallest absolute Gasteiger partial charge is 0.222 e. The number of hydrogen-bond donors (Lipinski definition) is 3. The first-order chi connectivity index (χ1) is 12.5. The second kappa shape index (κ2) is 12.8. The molecule has 158 valence electrons. The van der Waals surface area contributed by atoms with Gasteiger partial charge in [0.05, 0.1) is 5.75 Å². The number of carbonyl (C=O) groups is 1. The van der Waals surface area contributed by atoms with Crippen molar-refractivity contribution in [3.8, 4) is 0 Å². The predicted octanol–water partition coefficient (Wildman–Crippen LogP) is 0.892. The van der Waals surface area contributed by atoms with Crippen LogP contribution in [0.4, 0.5) is 0 Å². The van der Waals surface area contributed by atoms with Gasteiger partial charge in [-0.25, -0.2) is 13.1 Å². The molecule has 0 bridgehead atoms. The van der Waals surface area contributed by atoms with E-state index in [1.54, 1.807) is 0 Å². The Morgan fingerprint density at radius 2 is 2.04 bits per heavy atom. The minimum Gasteiger partial charge on any atom is -0.357 e. The Balaban J connectivity index is 0.00000364. The number of guanidine groups is 1. The molecule has 1 aliphatic heterocycles. The fourth-order valence-electron chi connectivity index (χ4n) is 3.05. The topological polar surface area (TPSA) is 103 Å². The van der Waals surface area contributed by atoms with Gasteiger partial charge in [-0.2, -0.15) is 0 Å². The second-order valence-electron chi connectivity index (χ2n) is 6.99. The normalized spacial score (nSPS) is 18.2. The Bertz CT molecular complexity index is 581. The van der Waals surface area contributed by atoms with Crippen LogP contribution in [0.15, 0.2) is 4.99 Å². The van der Waals surface area contributed by atoms with Crippen LogP contribution in [0.3, 0.4) is 0 Å². The van der Waals surface area contributed by atoms with Crippen LogP contribution in [-0.4, -0.2) is 70.2 Å². The van der Waals surface area contributed by atoms with Crippen LogP contribution in [0, 0.1) is 5.92 Å². The lowest BCUT2D eigenvalue weighted by molar-refractivity contribution is -0.127. The van der Waals surface area contributed by atoms with Crippen molar-refractivity contribution in [2.75, 3.05) is 45.0 Å². The Hall–Kier alpha value is -0.620. The molecule has 10 heteroatoms. The Labute approximate surface area is 180 Å². The van der Waals surface area contributed by atoms with Gasteiger partial charge in [-0.1, -0.05) is 6.42 Å². The number of rotatable bonds is 11. The number of hydrogen-bond acceptors (Lipinski definition) is 4. The highest BCUT2D eigenvalue weighted by Gasteiger charge is 2.20. The van der Waals surface area contributed by atoms with Gasteiger partial charge in [0.1, 0.15) is 0 Å². The number of likely N-dealkylation sites (tertiary alicyclic amines) is 1. The van der Waals surface area contributed by atoms with Crippen LogP contribution in [0.2, 0.25) is 0 Å². The highest BCUT2D eigenvalue weighted by atomic mass is 127. The van der Waals surface area contributed by atoms with Gasteiger partial charge in [0.2, 0.25) is 15.9 Å². The summed E-state index contributed by atoms with van der Waals surface area (Å²) in [6, 6.07) is 0. The molecule has 1 saturated carbocycles. The number of carbonyl (C=O) groups excluding carboxylic acids is 1. The van der Waals surface area contributed by atoms with Crippen LogP contribution < -0.4 is 15.4 Å². The average molecular weight is 515 g/mol. The monoisotopic (exact) mass is 515 g/mol. The summed E-state index contributed by atoms with van der Waals surface area (Å²) in [5.41, 5.74) is 0. The zero-order valence-corrected chi connectivity index (χ0v) is 19.4. The molecule has 0 radical (unpaired) electrons. The summed E-state index contributed by atoms with van der Waals surface area (Å²) < 4.78 is 26.7. The molecule has 27 heavy (non-hydrogen) atoms. The molecule has 8 nitrogen and oxygen atoms in total. The van der Waals surface area contributed by atoms with E-state index in [-0.39, 0.29) is 35.6 Å². The highest BCUT2D eigenvalue weighted by molar-refractivity contribution is 14.0. The lowest BCUT2D eigenvalue weighted by atomic mass is 9.86. The van der Waals surface area contributed by atoms with Gasteiger partial charge in [-0.15, -0.1) is 24.0 Å². The third kappa shape index (κ3) is 9.42. The van der Waals surface area contributed by atoms with E-state index in [0.717, 1.165) is 38.8 Å². The molecular weight excluding hydrogens is 481 g/mol. The number of nitrogens with zero attached hydrogens (tertiary/aromatic N) is 2. The van der Waals surface area contributed by atoms with Gasteiger partial charge in [-0.3, -0.25) is 9.79 Å². The zero-order chi connectivity index (χ0) is 18.8. The van der Waals surface area contributed by atoms with E-state index in [2.05, 4.69) is 20.3 Å². The SMILES string of the molecule is CCNC(=NCCCN1CCCC1=O)NCCS(=O)(=O)NCC1CCC1.I. The molecule has 0 aromatic heterocycles. The largest absolute Gasteiger partial charge is 0.357 e. The lowest BCUT2D eigenvalue weighted by Gasteiger charge is -2.25. The second-order valence-corrected chi connectivity index (χ2v) is 8.92. The van der Waals surface area contributed by atoms with Crippen LogP contribution in [0.25, 0.3) is 0 Å². The minimum absolute atomic E-state index is 0. The predicted molar refractivity (Wildman–Crippen MR) is 119 cm³/mol. The lowest BCUT2D eigenvalue weighted by Crippen LogP contribution is -2.42. The molecule has 1 amide bonds. The number of aliphatic imine (C=N–C) groups is 1. The maximum atomic E-state index is 12.0. The summed E-state index contributed by atoms with van der Waals surface area (Å²) in [6.07, 6.45) is 5.89. The minimum atomic E-state index is -3.25. The molecule has 2 rings (SSSR count). The number of amides is 1. The van der Waals surface area contributed by atoms with Crippen molar-refractivity contribution in [3.63, 3.8) is 0 Å². The summed E-state index contributed by atoms with van der Waals surface area (Å²) in [5, 5.41) is 6.19. The third-order valence-electron chi connectivity index (χ3n) is 4.85. The van der Waals surface area contributed by atoms with E-state index in [0.29, 0.717) is 44.5 Å².